The van der Waals surface area contributed by atoms with Gasteiger partial charge >= 0.3 is 0 Å². The van der Waals surface area contributed by atoms with Gasteiger partial charge in [0.15, 0.2) is 6.61 Å². The van der Waals surface area contributed by atoms with E-state index in [0.29, 0.717) is 6.54 Å². The Labute approximate surface area is 177 Å². The van der Waals surface area contributed by atoms with E-state index in [9.17, 15) is 4.79 Å². The molecule has 0 aliphatic carbocycles. The lowest BCUT2D eigenvalue weighted by molar-refractivity contribution is -0.118. The molecule has 0 unspecified atom stereocenters. The number of hydrogen-bond acceptors (Lipinski definition) is 4. The standard InChI is InChI=1S/C25H28N2O3/c1-18-8-11-20(12-9-18)27-25(28)17-30-24-13-10-19-5-2-3-7-22(19)23(24)16-26-15-21-6-4-14-29-21/h2-3,5,7-13,21,26H,4,6,14-17H2,1H3,(H,27,28)/t21-/m1/s1. The molecule has 2 N–H and O–H groups in total. The number of rotatable bonds is 8. The summed E-state index contributed by atoms with van der Waals surface area (Å²) >= 11 is 0. The highest BCUT2D eigenvalue weighted by molar-refractivity contribution is 5.92. The molecule has 0 spiro atoms. The number of anilines is 1. The van der Waals surface area contributed by atoms with Crippen molar-refractivity contribution in [2.75, 3.05) is 25.1 Å². The molecule has 1 fully saturated rings. The van der Waals surface area contributed by atoms with Crippen LogP contribution in [-0.2, 0) is 16.1 Å². The fourth-order valence-corrected chi connectivity index (χ4v) is 3.77. The second-order valence-electron chi connectivity index (χ2n) is 7.73. The maximum atomic E-state index is 12.4. The second kappa shape index (κ2) is 9.74. The van der Waals surface area contributed by atoms with E-state index in [0.717, 1.165) is 59.3 Å². The van der Waals surface area contributed by atoms with Gasteiger partial charge in [0, 0.05) is 30.9 Å². The fourth-order valence-electron chi connectivity index (χ4n) is 3.77. The molecule has 3 aromatic carbocycles. The monoisotopic (exact) mass is 404 g/mol. The first-order valence-electron chi connectivity index (χ1n) is 10.5. The molecule has 0 aromatic heterocycles. The van der Waals surface area contributed by atoms with E-state index in [1.54, 1.807) is 0 Å². The number of carbonyl (C=O) groups excluding carboxylic acids is 1. The van der Waals surface area contributed by atoms with Crippen molar-refractivity contribution in [2.24, 2.45) is 0 Å². The molecule has 5 nitrogen and oxygen atoms in total. The van der Waals surface area contributed by atoms with Crippen LogP contribution < -0.4 is 15.4 Å². The second-order valence-corrected chi connectivity index (χ2v) is 7.73. The van der Waals surface area contributed by atoms with Crippen LogP contribution in [0.1, 0.15) is 24.0 Å². The van der Waals surface area contributed by atoms with Gasteiger partial charge in [-0.25, -0.2) is 0 Å². The highest BCUT2D eigenvalue weighted by Crippen LogP contribution is 2.28. The SMILES string of the molecule is Cc1ccc(NC(=O)COc2ccc3ccccc3c2CNC[C@H]2CCCO2)cc1. The Hall–Kier alpha value is -2.89. The molecule has 1 aliphatic rings. The minimum Gasteiger partial charge on any atom is -0.483 e. The Bertz CT molecular complexity index is 995. The van der Waals surface area contributed by atoms with Crippen LogP contribution in [0.15, 0.2) is 60.7 Å². The number of benzene rings is 3. The highest BCUT2D eigenvalue weighted by Gasteiger charge is 2.16. The van der Waals surface area contributed by atoms with Crippen LogP contribution in [0, 0.1) is 6.92 Å². The number of amides is 1. The number of aryl methyl sites for hydroxylation is 1. The first-order valence-corrected chi connectivity index (χ1v) is 10.5. The van der Waals surface area contributed by atoms with Crippen molar-refractivity contribution < 1.29 is 14.3 Å². The average Bonchev–Trinajstić information content (AvgIpc) is 3.28. The average molecular weight is 405 g/mol. The third kappa shape index (κ3) is 5.17. The van der Waals surface area contributed by atoms with Gasteiger partial charge in [-0.15, -0.1) is 0 Å². The summed E-state index contributed by atoms with van der Waals surface area (Å²) in [5, 5.41) is 8.67. The maximum Gasteiger partial charge on any atom is 0.262 e. The Morgan fingerprint density at radius 3 is 2.73 bits per heavy atom. The molecule has 1 amide bonds. The van der Waals surface area contributed by atoms with Gasteiger partial charge in [0.25, 0.3) is 5.91 Å². The summed E-state index contributed by atoms with van der Waals surface area (Å²) in [6.45, 7) is 4.31. The van der Waals surface area contributed by atoms with Crippen LogP contribution in [0.3, 0.4) is 0 Å². The maximum absolute atomic E-state index is 12.4. The molecule has 0 saturated carbocycles. The summed E-state index contributed by atoms with van der Waals surface area (Å²) < 4.78 is 11.6. The van der Waals surface area contributed by atoms with Gasteiger partial charge in [-0.3, -0.25) is 4.79 Å². The van der Waals surface area contributed by atoms with Crippen LogP contribution in [0.4, 0.5) is 5.69 Å². The van der Waals surface area contributed by atoms with Gasteiger partial charge in [0.2, 0.25) is 0 Å². The summed E-state index contributed by atoms with van der Waals surface area (Å²) in [7, 11) is 0. The Morgan fingerprint density at radius 2 is 1.93 bits per heavy atom. The summed E-state index contributed by atoms with van der Waals surface area (Å²) in [6, 6.07) is 19.9. The molecule has 0 bridgehead atoms. The zero-order chi connectivity index (χ0) is 20.8. The van der Waals surface area contributed by atoms with Crippen molar-refractivity contribution in [1.82, 2.24) is 5.32 Å². The van der Waals surface area contributed by atoms with Crippen molar-refractivity contribution in [3.05, 3.63) is 71.8 Å². The zero-order valence-electron chi connectivity index (χ0n) is 17.3. The molecule has 30 heavy (non-hydrogen) atoms. The van der Waals surface area contributed by atoms with Crippen molar-refractivity contribution >= 4 is 22.4 Å². The number of carbonyl (C=O) groups is 1. The fraction of sp³-hybridized carbons (Fsp3) is 0.320. The van der Waals surface area contributed by atoms with Crippen molar-refractivity contribution in [1.29, 1.82) is 0 Å². The number of fused-ring (bicyclic) bond motifs is 1. The van der Waals surface area contributed by atoms with Crippen molar-refractivity contribution in [2.45, 2.75) is 32.4 Å². The van der Waals surface area contributed by atoms with Crippen molar-refractivity contribution in [3.8, 4) is 5.75 Å². The molecule has 3 aromatic rings. The third-order valence-corrected chi connectivity index (χ3v) is 5.39. The largest absolute Gasteiger partial charge is 0.483 e. The Morgan fingerprint density at radius 1 is 1.10 bits per heavy atom. The van der Waals surface area contributed by atoms with E-state index >= 15 is 0 Å². The van der Waals surface area contributed by atoms with Gasteiger partial charge in [-0.1, -0.05) is 48.0 Å². The minimum atomic E-state index is -0.176. The van der Waals surface area contributed by atoms with Gasteiger partial charge in [0.1, 0.15) is 5.75 Å². The summed E-state index contributed by atoms with van der Waals surface area (Å²) in [5.41, 5.74) is 2.99. The molecular formula is C25H28N2O3. The summed E-state index contributed by atoms with van der Waals surface area (Å²) in [5.74, 6) is 0.554. The van der Waals surface area contributed by atoms with Crippen LogP contribution in [0.2, 0.25) is 0 Å². The summed E-state index contributed by atoms with van der Waals surface area (Å²) in [6.07, 6.45) is 2.51. The van der Waals surface area contributed by atoms with Gasteiger partial charge < -0.3 is 20.1 Å². The van der Waals surface area contributed by atoms with Crippen molar-refractivity contribution in [3.63, 3.8) is 0 Å². The normalized spacial score (nSPS) is 16.0. The minimum absolute atomic E-state index is 0.0368. The van der Waals surface area contributed by atoms with Crippen LogP contribution in [0.25, 0.3) is 10.8 Å². The number of ether oxygens (including phenoxy) is 2. The summed E-state index contributed by atoms with van der Waals surface area (Å²) in [4.78, 5) is 12.4. The van der Waals surface area contributed by atoms with E-state index in [1.165, 1.54) is 0 Å². The number of hydrogen-bond donors (Lipinski definition) is 2. The lowest BCUT2D eigenvalue weighted by atomic mass is 10.0. The number of nitrogens with one attached hydrogen (secondary N) is 2. The molecular weight excluding hydrogens is 376 g/mol. The molecule has 1 atom stereocenters. The van der Waals surface area contributed by atoms with Crippen LogP contribution in [-0.4, -0.2) is 31.8 Å². The quantitative estimate of drug-likeness (QED) is 0.583. The Kier molecular flexibility index (Phi) is 6.62. The first-order chi connectivity index (χ1) is 14.7. The zero-order valence-corrected chi connectivity index (χ0v) is 17.3. The first kappa shape index (κ1) is 20.4. The third-order valence-electron chi connectivity index (χ3n) is 5.39. The Balaban J connectivity index is 1.43. The topological polar surface area (TPSA) is 59.6 Å². The van der Waals surface area contributed by atoms with E-state index in [1.807, 2.05) is 55.5 Å². The smallest absolute Gasteiger partial charge is 0.262 e. The van der Waals surface area contributed by atoms with Gasteiger partial charge in [-0.05, 0) is 48.7 Å². The van der Waals surface area contributed by atoms with Gasteiger partial charge in [-0.2, -0.15) is 0 Å². The molecule has 1 aliphatic heterocycles. The van der Waals surface area contributed by atoms with E-state index < -0.39 is 0 Å². The van der Waals surface area contributed by atoms with Crippen LogP contribution in [0.5, 0.6) is 5.75 Å². The molecule has 156 valence electrons. The lowest BCUT2D eigenvalue weighted by Gasteiger charge is -2.16. The highest BCUT2D eigenvalue weighted by atomic mass is 16.5. The molecule has 4 rings (SSSR count). The van der Waals surface area contributed by atoms with E-state index in [2.05, 4.69) is 22.8 Å². The predicted octanol–water partition coefficient (Wildman–Crippen LogP) is 4.43. The molecule has 1 saturated heterocycles. The molecule has 0 radical (unpaired) electrons. The lowest BCUT2D eigenvalue weighted by Crippen LogP contribution is -2.26. The molecule has 1 heterocycles. The molecule has 5 heteroatoms. The van der Waals surface area contributed by atoms with E-state index in [4.69, 9.17) is 9.47 Å². The van der Waals surface area contributed by atoms with E-state index in [-0.39, 0.29) is 18.6 Å². The van der Waals surface area contributed by atoms with Gasteiger partial charge in [0.05, 0.1) is 6.10 Å². The predicted molar refractivity (Wildman–Crippen MR) is 120 cm³/mol. The van der Waals surface area contributed by atoms with Crippen LogP contribution >= 0.6 is 0 Å².